The van der Waals surface area contributed by atoms with Gasteiger partial charge in [-0.05, 0) is 56.3 Å². The minimum absolute atomic E-state index is 0.435. The second-order valence-electron chi connectivity index (χ2n) is 5.32. The normalized spacial score (nSPS) is 16.5. The molecular weight excluding hydrogens is 254 g/mol. The van der Waals surface area contributed by atoms with Gasteiger partial charge in [0.05, 0.1) is 12.5 Å². The lowest BCUT2D eigenvalue weighted by Gasteiger charge is -2.14. The highest BCUT2D eigenvalue weighted by Crippen LogP contribution is 2.29. The summed E-state index contributed by atoms with van der Waals surface area (Å²) >= 11 is 1.79. The Morgan fingerprint density at radius 2 is 2.05 bits per heavy atom. The summed E-state index contributed by atoms with van der Waals surface area (Å²) < 4.78 is 5.64. The number of hydrogen-bond donors (Lipinski definition) is 1. The predicted octanol–water partition coefficient (Wildman–Crippen LogP) is 4.22. The van der Waals surface area contributed by atoms with E-state index in [2.05, 4.69) is 43.4 Å². The molecule has 1 unspecified atom stereocenters. The molecule has 1 aromatic carbocycles. The van der Waals surface area contributed by atoms with Gasteiger partial charge in [-0.1, -0.05) is 30.8 Å². The van der Waals surface area contributed by atoms with Crippen molar-refractivity contribution in [2.24, 2.45) is 5.92 Å². The maximum Gasteiger partial charge on any atom is 0.0967 e. The topological polar surface area (TPSA) is 21.3 Å². The Balaban J connectivity index is 1.70. The van der Waals surface area contributed by atoms with Crippen LogP contribution in [-0.2, 0) is 4.74 Å². The fourth-order valence-electron chi connectivity index (χ4n) is 1.94. The van der Waals surface area contributed by atoms with Crippen LogP contribution in [0.3, 0.4) is 0 Å². The van der Waals surface area contributed by atoms with Crippen LogP contribution in [0, 0.1) is 5.92 Å². The van der Waals surface area contributed by atoms with Crippen molar-refractivity contribution in [2.75, 3.05) is 19.1 Å². The van der Waals surface area contributed by atoms with Crippen LogP contribution in [0.4, 0.5) is 0 Å². The molecule has 1 atom stereocenters. The zero-order valence-electron chi connectivity index (χ0n) is 12.0. The van der Waals surface area contributed by atoms with Crippen molar-refractivity contribution >= 4 is 11.8 Å². The van der Waals surface area contributed by atoms with Gasteiger partial charge in [0.25, 0.3) is 0 Å². The lowest BCUT2D eigenvalue weighted by molar-refractivity contribution is 0.171. The first kappa shape index (κ1) is 14.9. The maximum atomic E-state index is 5.64. The van der Waals surface area contributed by atoms with Crippen LogP contribution in [0.2, 0.25) is 0 Å². The number of thioether (sulfide) groups is 1. The van der Waals surface area contributed by atoms with E-state index in [9.17, 15) is 0 Å². The van der Waals surface area contributed by atoms with Crippen molar-refractivity contribution in [3.63, 3.8) is 0 Å². The van der Waals surface area contributed by atoms with Gasteiger partial charge in [-0.15, -0.1) is 0 Å². The van der Waals surface area contributed by atoms with E-state index in [4.69, 9.17) is 4.74 Å². The summed E-state index contributed by atoms with van der Waals surface area (Å²) in [6.45, 7) is 6.44. The lowest BCUT2D eigenvalue weighted by Crippen LogP contribution is -2.19. The first-order valence-corrected chi connectivity index (χ1v) is 8.32. The summed E-state index contributed by atoms with van der Waals surface area (Å²) in [5, 5.41) is 3.51. The number of hydrogen-bond acceptors (Lipinski definition) is 3. The molecule has 0 heterocycles. The van der Waals surface area contributed by atoms with Crippen molar-refractivity contribution in [3.8, 4) is 0 Å². The van der Waals surface area contributed by atoms with Gasteiger partial charge in [0.15, 0.2) is 0 Å². The molecule has 1 aliphatic carbocycles. The molecule has 1 aliphatic rings. The smallest absolute Gasteiger partial charge is 0.0967 e. The van der Waals surface area contributed by atoms with E-state index in [0.717, 1.165) is 25.0 Å². The Morgan fingerprint density at radius 3 is 2.68 bits per heavy atom. The van der Waals surface area contributed by atoms with Crippen molar-refractivity contribution in [1.82, 2.24) is 5.32 Å². The van der Waals surface area contributed by atoms with Gasteiger partial charge in [0.2, 0.25) is 0 Å². The van der Waals surface area contributed by atoms with Crippen LogP contribution in [-0.4, -0.2) is 19.1 Å². The number of rotatable bonds is 9. The van der Waals surface area contributed by atoms with Crippen LogP contribution in [0.25, 0.3) is 0 Å². The van der Waals surface area contributed by atoms with Crippen molar-refractivity contribution < 1.29 is 4.74 Å². The zero-order valence-corrected chi connectivity index (χ0v) is 12.8. The summed E-state index contributed by atoms with van der Waals surface area (Å²) in [4.78, 5) is 1.29. The van der Waals surface area contributed by atoms with E-state index >= 15 is 0 Å². The second-order valence-corrected chi connectivity index (χ2v) is 6.32. The molecule has 0 radical (unpaired) electrons. The van der Waals surface area contributed by atoms with Gasteiger partial charge in [-0.3, -0.25) is 0 Å². The van der Waals surface area contributed by atoms with Gasteiger partial charge in [0, 0.05) is 10.9 Å². The monoisotopic (exact) mass is 279 g/mol. The molecule has 1 saturated carbocycles. The number of benzene rings is 1. The first-order valence-electron chi connectivity index (χ1n) is 7.33. The van der Waals surface area contributed by atoms with Crippen LogP contribution < -0.4 is 5.32 Å². The molecule has 1 N–H and O–H groups in total. The molecule has 0 aromatic heterocycles. The van der Waals surface area contributed by atoms with Crippen LogP contribution >= 0.6 is 11.8 Å². The summed E-state index contributed by atoms with van der Waals surface area (Å²) in [5.41, 5.74) is 1.36. The van der Waals surface area contributed by atoms with E-state index in [1.165, 1.54) is 29.7 Å². The Kier molecular flexibility index (Phi) is 6.21. The van der Waals surface area contributed by atoms with Gasteiger partial charge in [0.1, 0.15) is 0 Å². The SMILES string of the molecule is CCCNC(C)c1ccc(SCOCC2CC2)cc1. The highest BCUT2D eigenvalue weighted by molar-refractivity contribution is 7.99. The Labute approximate surface area is 121 Å². The third kappa shape index (κ3) is 5.55. The van der Waals surface area contributed by atoms with Crippen LogP contribution in [0.1, 0.15) is 44.7 Å². The number of ether oxygens (including phenoxy) is 1. The molecule has 0 saturated heterocycles. The van der Waals surface area contributed by atoms with E-state index in [-0.39, 0.29) is 0 Å². The largest absolute Gasteiger partial charge is 0.370 e. The molecule has 0 spiro atoms. The molecule has 2 rings (SSSR count). The average Bonchev–Trinajstić information content (AvgIpc) is 3.26. The first-order chi connectivity index (χ1) is 9.29. The summed E-state index contributed by atoms with van der Waals surface area (Å²) in [7, 11) is 0. The molecule has 0 aliphatic heterocycles. The van der Waals surface area contributed by atoms with Gasteiger partial charge < -0.3 is 10.1 Å². The van der Waals surface area contributed by atoms with Crippen molar-refractivity contribution in [2.45, 2.75) is 44.0 Å². The molecule has 19 heavy (non-hydrogen) atoms. The standard InChI is InChI=1S/C16H25NOS/c1-3-10-17-13(2)15-6-8-16(9-7-15)19-12-18-11-14-4-5-14/h6-9,13-14,17H,3-5,10-12H2,1-2H3. The van der Waals surface area contributed by atoms with Gasteiger partial charge in [-0.25, -0.2) is 0 Å². The number of nitrogens with one attached hydrogen (secondary N) is 1. The third-order valence-corrected chi connectivity index (χ3v) is 4.33. The molecule has 106 valence electrons. The van der Waals surface area contributed by atoms with Crippen LogP contribution in [0.5, 0.6) is 0 Å². The van der Waals surface area contributed by atoms with E-state index in [0.29, 0.717) is 6.04 Å². The van der Waals surface area contributed by atoms with Crippen molar-refractivity contribution in [3.05, 3.63) is 29.8 Å². The van der Waals surface area contributed by atoms with Crippen molar-refractivity contribution in [1.29, 1.82) is 0 Å². The minimum Gasteiger partial charge on any atom is -0.370 e. The fraction of sp³-hybridized carbons (Fsp3) is 0.625. The molecule has 3 heteroatoms. The van der Waals surface area contributed by atoms with E-state index in [1.54, 1.807) is 11.8 Å². The Bertz CT molecular complexity index is 362. The molecule has 0 bridgehead atoms. The quantitative estimate of drug-likeness (QED) is 0.415. The predicted molar refractivity (Wildman–Crippen MR) is 82.6 cm³/mol. The van der Waals surface area contributed by atoms with Crippen LogP contribution in [0.15, 0.2) is 29.2 Å². The van der Waals surface area contributed by atoms with Gasteiger partial charge >= 0.3 is 0 Å². The highest BCUT2D eigenvalue weighted by Gasteiger charge is 2.20. The molecule has 1 aromatic rings. The summed E-state index contributed by atoms with van der Waals surface area (Å²) in [6, 6.07) is 9.27. The second kappa shape index (κ2) is 7.93. The Morgan fingerprint density at radius 1 is 1.32 bits per heavy atom. The average molecular weight is 279 g/mol. The molecule has 2 nitrogen and oxygen atoms in total. The third-order valence-electron chi connectivity index (χ3n) is 3.44. The zero-order chi connectivity index (χ0) is 13.5. The molecule has 1 fully saturated rings. The Hall–Kier alpha value is -0.510. The molecule has 0 amide bonds. The minimum atomic E-state index is 0.435. The highest BCUT2D eigenvalue weighted by atomic mass is 32.2. The fourth-order valence-corrected chi connectivity index (χ4v) is 2.58. The van der Waals surface area contributed by atoms with E-state index in [1.807, 2.05) is 0 Å². The summed E-state index contributed by atoms with van der Waals surface area (Å²) in [5.74, 6) is 1.63. The van der Waals surface area contributed by atoms with Gasteiger partial charge in [-0.2, -0.15) is 0 Å². The lowest BCUT2D eigenvalue weighted by atomic mass is 10.1. The van der Waals surface area contributed by atoms with E-state index < -0.39 is 0 Å². The summed E-state index contributed by atoms with van der Waals surface area (Å²) in [6.07, 6.45) is 3.90. The maximum absolute atomic E-state index is 5.64. The molecular formula is C16H25NOS.